The Morgan fingerprint density at radius 3 is 2.41 bits per heavy atom. The van der Waals surface area contributed by atoms with Gasteiger partial charge in [0.15, 0.2) is 0 Å². The molecule has 4 rings (SSSR count). The van der Waals surface area contributed by atoms with E-state index in [1.807, 2.05) is 49.9 Å². The van der Waals surface area contributed by atoms with Gasteiger partial charge in [0.05, 0.1) is 0 Å². The number of anilines is 2. The maximum Gasteiger partial charge on any atom is 0.257 e. The van der Waals surface area contributed by atoms with Gasteiger partial charge in [-0.2, -0.15) is 0 Å². The van der Waals surface area contributed by atoms with Crippen molar-refractivity contribution in [1.29, 1.82) is 0 Å². The van der Waals surface area contributed by atoms with Crippen molar-refractivity contribution in [3.8, 4) is 0 Å². The summed E-state index contributed by atoms with van der Waals surface area (Å²) >= 11 is 1.33. The van der Waals surface area contributed by atoms with Gasteiger partial charge in [-0.1, -0.05) is 35.1 Å². The quantitative estimate of drug-likeness (QED) is 0.703. The molecule has 0 spiro atoms. The molecule has 2 heterocycles. The van der Waals surface area contributed by atoms with Gasteiger partial charge in [0.25, 0.3) is 5.91 Å². The highest BCUT2D eigenvalue weighted by Gasteiger charge is 2.34. The van der Waals surface area contributed by atoms with Crippen molar-refractivity contribution in [2.75, 3.05) is 16.8 Å². The predicted molar refractivity (Wildman–Crippen MR) is 115 cm³/mol. The third kappa shape index (κ3) is 4.19. The lowest BCUT2D eigenvalue weighted by molar-refractivity contribution is -0.117. The van der Waals surface area contributed by atoms with E-state index in [9.17, 15) is 9.59 Å². The molecule has 2 amide bonds. The highest BCUT2D eigenvalue weighted by atomic mass is 32.1. The van der Waals surface area contributed by atoms with Crippen LogP contribution in [0.4, 0.5) is 10.8 Å². The molecule has 1 aliphatic rings. The molecule has 6 nitrogen and oxygen atoms in total. The molecule has 0 bridgehead atoms. The van der Waals surface area contributed by atoms with E-state index in [0.29, 0.717) is 23.7 Å². The molecule has 1 aliphatic heterocycles. The topological polar surface area (TPSA) is 75.2 Å². The molecule has 0 radical (unpaired) electrons. The molecule has 7 heteroatoms. The Bertz CT molecular complexity index is 1050. The Balaban J connectivity index is 1.46. The molecule has 1 saturated heterocycles. The summed E-state index contributed by atoms with van der Waals surface area (Å²) < 4.78 is 0. The molecule has 148 valence electrons. The van der Waals surface area contributed by atoms with E-state index < -0.39 is 0 Å². The number of hydrogen-bond acceptors (Lipinski definition) is 5. The van der Waals surface area contributed by atoms with Gasteiger partial charge in [0.1, 0.15) is 5.01 Å². The molecular weight excluding hydrogens is 384 g/mol. The summed E-state index contributed by atoms with van der Waals surface area (Å²) in [5.74, 6) is -0.154. The molecule has 1 atom stereocenters. The van der Waals surface area contributed by atoms with Crippen molar-refractivity contribution in [2.45, 2.75) is 33.1 Å². The molecule has 29 heavy (non-hydrogen) atoms. The van der Waals surface area contributed by atoms with E-state index in [4.69, 9.17) is 0 Å². The van der Waals surface area contributed by atoms with Crippen LogP contribution in [0.3, 0.4) is 0 Å². The first-order valence-electron chi connectivity index (χ1n) is 9.49. The van der Waals surface area contributed by atoms with Crippen LogP contribution in [-0.4, -0.2) is 28.6 Å². The smallest absolute Gasteiger partial charge is 0.257 e. The highest BCUT2D eigenvalue weighted by molar-refractivity contribution is 7.15. The SMILES string of the molecule is Cc1ccc(C(=O)Nc2nnc([C@@H]3CC(=O)N(c4cc(C)cc(C)c4)C3)s2)cc1. The van der Waals surface area contributed by atoms with E-state index in [0.717, 1.165) is 27.4 Å². The van der Waals surface area contributed by atoms with Gasteiger partial charge in [-0.15, -0.1) is 10.2 Å². The fraction of sp³-hybridized carbons (Fsp3) is 0.273. The number of carbonyl (C=O) groups excluding carboxylic acids is 2. The lowest BCUT2D eigenvalue weighted by Crippen LogP contribution is -2.24. The summed E-state index contributed by atoms with van der Waals surface area (Å²) in [7, 11) is 0. The Kier molecular flexibility index (Phi) is 5.15. The van der Waals surface area contributed by atoms with Crippen molar-refractivity contribution in [3.63, 3.8) is 0 Å². The number of benzene rings is 2. The summed E-state index contributed by atoms with van der Waals surface area (Å²) in [5.41, 5.74) is 4.86. The summed E-state index contributed by atoms with van der Waals surface area (Å²) in [6.07, 6.45) is 0.396. The minimum Gasteiger partial charge on any atom is -0.312 e. The van der Waals surface area contributed by atoms with E-state index in [1.54, 1.807) is 12.1 Å². The first-order chi connectivity index (χ1) is 13.9. The molecule has 1 aromatic heterocycles. The normalized spacial score (nSPS) is 16.3. The average molecular weight is 407 g/mol. The van der Waals surface area contributed by atoms with E-state index >= 15 is 0 Å². The second-order valence-corrected chi connectivity index (χ2v) is 8.53. The van der Waals surface area contributed by atoms with Crippen molar-refractivity contribution < 1.29 is 9.59 Å². The van der Waals surface area contributed by atoms with Crippen molar-refractivity contribution in [1.82, 2.24) is 10.2 Å². The number of nitrogens with zero attached hydrogens (tertiary/aromatic N) is 3. The number of aromatic nitrogens is 2. The monoisotopic (exact) mass is 406 g/mol. The standard InChI is InChI=1S/C22H22N4O2S/c1-13-4-6-16(7-5-13)20(28)23-22-25-24-21(29-22)17-11-19(27)26(12-17)18-9-14(2)8-15(3)10-18/h4-10,17H,11-12H2,1-3H3,(H,23,25,28)/t17-/m1/s1. The molecule has 2 aromatic carbocycles. The summed E-state index contributed by atoms with van der Waals surface area (Å²) in [5, 5.41) is 12.3. The molecule has 0 unspecified atom stereocenters. The van der Waals surface area contributed by atoms with Crippen LogP contribution in [0.5, 0.6) is 0 Å². The van der Waals surface area contributed by atoms with Crippen molar-refractivity contribution in [3.05, 3.63) is 69.7 Å². The average Bonchev–Trinajstić information content (AvgIpc) is 3.28. The maximum absolute atomic E-state index is 12.6. The van der Waals surface area contributed by atoms with Gasteiger partial charge in [-0.05, 0) is 56.2 Å². The minimum absolute atomic E-state index is 0.0224. The van der Waals surface area contributed by atoms with E-state index in [1.165, 1.54) is 11.3 Å². The number of nitrogens with one attached hydrogen (secondary N) is 1. The third-order valence-corrected chi connectivity index (χ3v) is 5.97. The zero-order valence-corrected chi connectivity index (χ0v) is 17.4. The first kappa shape index (κ1) is 19.3. The van der Waals surface area contributed by atoms with Gasteiger partial charge >= 0.3 is 0 Å². The molecule has 1 N–H and O–H groups in total. The maximum atomic E-state index is 12.6. The zero-order chi connectivity index (χ0) is 20.5. The second kappa shape index (κ2) is 7.75. The van der Waals surface area contributed by atoms with Crippen LogP contribution in [0, 0.1) is 20.8 Å². The van der Waals surface area contributed by atoms with Crippen LogP contribution in [-0.2, 0) is 4.79 Å². The van der Waals surface area contributed by atoms with Crippen LogP contribution in [0.15, 0.2) is 42.5 Å². The fourth-order valence-corrected chi connectivity index (χ4v) is 4.38. The minimum atomic E-state index is -0.216. The van der Waals surface area contributed by atoms with Crippen molar-refractivity contribution >= 4 is 34.0 Å². The second-order valence-electron chi connectivity index (χ2n) is 7.52. The number of amides is 2. The fourth-order valence-electron chi connectivity index (χ4n) is 3.55. The Morgan fingerprint density at radius 2 is 1.72 bits per heavy atom. The summed E-state index contributed by atoms with van der Waals surface area (Å²) in [6, 6.07) is 13.5. The molecule has 0 aliphatic carbocycles. The highest BCUT2D eigenvalue weighted by Crippen LogP contribution is 2.35. The third-order valence-electron chi connectivity index (χ3n) is 4.97. The van der Waals surface area contributed by atoms with Gasteiger partial charge in [0, 0.05) is 30.1 Å². The van der Waals surface area contributed by atoms with Gasteiger partial charge < -0.3 is 4.90 Å². The molecular formula is C22H22N4O2S. The van der Waals surface area contributed by atoms with Gasteiger partial charge in [-0.25, -0.2) is 0 Å². The van der Waals surface area contributed by atoms with E-state index in [-0.39, 0.29) is 17.7 Å². The van der Waals surface area contributed by atoms with Crippen LogP contribution < -0.4 is 10.2 Å². The van der Waals surface area contributed by atoms with Gasteiger partial charge in [-0.3, -0.25) is 14.9 Å². The number of carbonyl (C=O) groups is 2. The largest absolute Gasteiger partial charge is 0.312 e. The van der Waals surface area contributed by atoms with Crippen LogP contribution in [0.1, 0.15) is 44.4 Å². The van der Waals surface area contributed by atoms with Crippen LogP contribution >= 0.6 is 11.3 Å². The molecule has 1 fully saturated rings. The molecule has 0 saturated carbocycles. The van der Waals surface area contributed by atoms with Crippen LogP contribution in [0.2, 0.25) is 0 Å². The first-order valence-corrected chi connectivity index (χ1v) is 10.3. The summed E-state index contributed by atoms with van der Waals surface area (Å²) in [4.78, 5) is 26.8. The number of rotatable bonds is 4. The number of aryl methyl sites for hydroxylation is 3. The summed E-state index contributed by atoms with van der Waals surface area (Å²) in [6.45, 7) is 6.61. The molecule has 3 aromatic rings. The Labute approximate surface area is 173 Å². The van der Waals surface area contributed by atoms with Crippen molar-refractivity contribution in [2.24, 2.45) is 0 Å². The zero-order valence-electron chi connectivity index (χ0n) is 16.6. The Morgan fingerprint density at radius 1 is 1.03 bits per heavy atom. The van der Waals surface area contributed by atoms with Gasteiger partial charge in [0.2, 0.25) is 11.0 Å². The lowest BCUT2D eigenvalue weighted by Gasteiger charge is -2.17. The van der Waals surface area contributed by atoms with E-state index in [2.05, 4.69) is 21.6 Å². The lowest BCUT2D eigenvalue weighted by atomic mass is 10.1. The Hall–Kier alpha value is -3.06. The van der Waals surface area contributed by atoms with Crippen LogP contribution in [0.25, 0.3) is 0 Å². The number of hydrogen-bond donors (Lipinski definition) is 1. The predicted octanol–water partition coefficient (Wildman–Crippen LogP) is 4.24.